The first-order valence-electron chi connectivity index (χ1n) is 11.8. The number of hydrogen-bond donors (Lipinski definition) is 4. The molecule has 0 aliphatic carbocycles. The number of hydrogen-bond acceptors (Lipinski definition) is 17. The highest BCUT2D eigenvalue weighted by Crippen LogP contribution is 2.23. The lowest BCUT2D eigenvalue weighted by atomic mass is 9.92. The summed E-state index contributed by atoms with van der Waals surface area (Å²) < 4.78 is 43.5. The maximum Gasteiger partial charge on any atom is 0.409 e. The molecule has 0 rings (SSSR count). The van der Waals surface area contributed by atoms with Crippen LogP contribution in [0.1, 0.15) is 13.8 Å². The summed E-state index contributed by atoms with van der Waals surface area (Å²) in [5.41, 5.74) is -2.39. The van der Waals surface area contributed by atoms with Gasteiger partial charge in [-0.3, -0.25) is 21.3 Å². The molecule has 4 amide bonds. The lowest BCUT2D eigenvalue weighted by Crippen LogP contribution is -2.42. The van der Waals surface area contributed by atoms with E-state index in [-0.39, 0.29) is 39.6 Å². The van der Waals surface area contributed by atoms with Gasteiger partial charge in [-0.25, -0.2) is 19.2 Å². The smallest absolute Gasteiger partial charge is 0.409 e. The summed E-state index contributed by atoms with van der Waals surface area (Å²) >= 11 is 0. The lowest BCUT2D eigenvalue weighted by Gasteiger charge is -2.32. The highest BCUT2D eigenvalue weighted by molar-refractivity contribution is 5.68. The number of rotatable bonds is 20. The summed E-state index contributed by atoms with van der Waals surface area (Å²) in [6, 6.07) is 0. The number of carbonyl (C=O) groups is 4. The molecule has 0 atom stereocenters. The SMILES string of the molecule is CC(COCC(C)(COC(=O)NCOC#N)COC(=O)NCOC#N)(COC(=O)NCOC#N)COC(=O)NCOC#N. The molecule has 0 spiro atoms. The number of carbonyl (C=O) groups excluding carboxylic acids is 4. The van der Waals surface area contributed by atoms with Crippen LogP contribution in [0.4, 0.5) is 19.2 Å². The van der Waals surface area contributed by atoms with Gasteiger partial charge in [-0.2, -0.15) is 21.0 Å². The maximum atomic E-state index is 11.9. The van der Waals surface area contributed by atoms with E-state index in [0.717, 1.165) is 0 Å². The molecular weight excluding hydrogens is 584 g/mol. The molecule has 0 aromatic heterocycles. The van der Waals surface area contributed by atoms with Crippen molar-refractivity contribution in [2.75, 3.05) is 66.6 Å². The predicted molar refractivity (Wildman–Crippen MR) is 131 cm³/mol. The van der Waals surface area contributed by atoms with E-state index in [0.29, 0.717) is 0 Å². The number of nitrogens with zero attached hydrogens (tertiary/aromatic N) is 4. The number of alkyl carbamates (subject to hydrolysis) is 4. The molecule has 0 saturated carbocycles. The molecule has 0 aromatic rings. The van der Waals surface area contributed by atoms with Crippen LogP contribution in [0.15, 0.2) is 0 Å². The molecule has 0 saturated heterocycles. The van der Waals surface area contributed by atoms with Gasteiger partial charge in [0.1, 0.15) is 26.4 Å². The van der Waals surface area contributed by atoms with E-state index in [1.165, 1.54) is 38.9 Å². The molecule has 0 aliphatic rings. The summed E-state index contributed by atoms with van der Waals surface area (Å²) in [6.45, 7) is -0.736. The van der Waals surface area contributed by atoms with Crippen LogP contribution in [-0.4, -0.2) is 90.9 Å². The van der Waals surface area contributed by atoms with Crippen molar-refractivity contribution in [1.29, 1.82) is 21.0 Å². The minimum atomic E-state index is -1.19. The molecule has 0 aromatic carbocycles. The maximum absolute atomic E-state index is 11.9. The molecule has 4 N–H and O–H groups in total. The summed E-state index contributed by atoms with van der Waals surface area (Å²) in [5, 5.41) is 42.1. The van der Waals surface area contributed by atoms with Crippen molar-refractivity contribution in [1.82, 2.24) is 21.3 Å². The number of amides is 4. The third kappa shape index (κ3) is 19.8. The first kappa shape index (κ1) is 37.2. The van der Waals surface area contributed by atoms with Gasteiger partial charge in [0.2, 0.25) is 0 Å². The standard InChI is InChI=1S/C22H30N8O13/c1-21(5-40-17(31)27-13-36-9-23,6-41-18(32)28-14-37-10-24)3-35-4-22(2,7-42-19(33)29-15-38-11-25)8-43-20(34)30-16-39-12-26/h3-8,13-16H2,1-2H3,(H,27,31)(H,28,32)(H,29,33)(H,30,34). The molecule has 0 heterocycles. The zero-order valence-corrected chi connectivity index (χ0v) is 23.2. The molecule has 0 aliphatic heterocycles. The van der Waals surface area contributed by atoms with Gasteiger partial charge in [-0.05, 0) is 0 Å². The normalized spacial score (nSPS) is 10.0. The summed E-state index contributed by atoms with van der Waals surface area (Å²) in [7, 11) is 0. The molecule has 0 bridgehead atoms. The molecular formula is C22H30N8O13. The first-order chi connectivity index (χ1) is 20.5. The number of nitriles is 4. The second-order valence-electron chi connectivity index (χ2n) is 8.65. The Kier molecular flexibility index (Phi) is 19.0. The Labute approximate surface area is 245 Å². The lowest BCUT2D eigenvalue weighted by molar-refractivity contribution is -0.0699. The summed E-state index contributed by atoms with van der Waals surface area (Å²) in [4.78, 5) is 47.6. The number of ether oxygens (including phenoxy) is 9. The third-order valence-corrected chi connectivity index (χ3v) is 4.52. The fourth-order valence-corrected chi connectivity index (χ4v) is 2.47. The van der Waals surface area contributed by atoms with Gasteiger partial charge >= 0.3 is 24.4 Å². The monoisotopic (exact) mass is 614 g/mol. The first-order valence-corrected chi connectivity index (χ1v) is 11.8. The summed E-state index contributed by atoms with van der Waals surface area (Å²) in [5.74, 6) is 0. The van der Waals surface area contributed by atoms with Crippen LogP contribution in [0, 0.1) is 56.9 Å². The van der Waals surface area contributed by atoms with Crippen LogP contribution < -0.4 is 21.3 Å². The van der Waals surface area contributed by atoms with Gasteiger partial charge in [0, 0.05) is 0 Å². The highest BCUT2D eigenvalue weighted by Gasteiger charge is 2.33. The Hall–Kier alpha value is -5.80. The number of nitrogens with one attached hydrogen (secondary N) is 4. The van der Waals surface area contributed by atoms with Gasteiger partial charge in [0.25, 0.3) is 25.0 Å². The minimum absolute atomic E-state index is 0.239. The summed E-state index contributed by atoms with van der Waals surface area (Å²) in [6.07, 6.45) is 1.59. The zero-order valence-electron chi connectivity index (χ0n) is 23.2. The van der Waals surface area contributed by atoms with Crippen LogP contribution in [0.5, 0.6) is 0 Å². The van der Waals surface area contributed by atoms with Crippen molar-refractivity contribution in [3.05, 3.63) is 0 Å². The van der Waals surface area contributed by atoms with Gasteiger partial charge in [-0.1, -0.05) is 13.8 Å². The minimum Gasteiger partial charge on any atom is -0.449 e. The van der Waals surface area contributed by atoms with Crippen molar-refractivity contribution in [2.45, 2.75) is 13.8 Å². The van der Waals surface area contributed by atoms with Crippen LogP contribution in [0.2, 0.25) is 0 Å². The zero-order chi connectivity index (χ0) is 32.4. The van der Waals surface area contributed by atoms with E-state index in [1.807, 2.05) is 0 Å². The van der Waals surface area contributed by atoms with E-state index in [9.17, 15) is 19.2 Å². The second-order valence-corrected chi connectivity index (χ2v) is 8.65. The Morgan fingerprint density at radius 1 is 0.488 bits per heavy atom. The molecule has 21 heteroatoms. The predicted octanol–water partition coefficient (Wildman–Crippen LogP) is -0.259. The molecule has 21 nitrogen and oxygen atoms in total. The largest absolute Gasteiger partial charge is 0.449 e. The van der Waals surface area contributed by atoms with E-state index in [4.69, 9.17) is 44.7 Å². The van der Waals surface area contributed by atoms with Crippen LogP contribution in [-0.2, 0) is 42.6 Å². The van der Waals surface area contributed by atoms with Crippen molar-refractivity contribution in [3.8, 4) is 25.0 Å². The van der Waals surface area contributed by atoms with Gasteiger partial charge in [-0.15, -0.1) is 0 Å². The Bertz CT molecular complexity index is 909. The van der Waals surface area contributed by atoms with Crippen LogP contribution in [0.25, 0.3) is 0 Å². The highest BCUT2D eigenvalue weighted by atomic mass is 16.6. The Balaban J connectivity index is 5.40. The van der Waals surface area contributed by atoms with Crippen molar-refractivity contribution >= 4 is 24.4 Å². The molecule has 43 heavy (non-hydrogen) atoms. The molecule has 0 unspecified atom stereocenters. The molecule has 0 radical (unpaired) electrons. The Morgan fingerprint density at radius 2 is 0.721 bits per heavy atom. The molecule has 236 valence electrons. The van der Waals surface area contributed by atoms with Crippen molar-refractivity contribution in [2.24, 2.45) is 10.8 Å². The second kappa shape index (κ2) is 22.0. The van der Waals surface area contributed by atoms with Gasteiger partial charge < -0.3 is 42.6 Å². The van der Waals surface area contributed by atoms with E-state index in [2.05, 4.69) is 40.2 Å². The van der Waals surface area contributed by atoms with E-state index in [1.54, 1.807) is 0 Å². The Morgan fingerprint density at radius 3 is 0.930 bits per heavy atom. The third-order valence-electron chi connectivity index (χ3n) is 4.52. The average molecular weight is 615 g/mol. The van der Waals surface area contributed by atoms with Crippen LogP contribution in [0.3, 0.4) is 0 Å². The van der Waals surface area contributed by atoms with Crippen molar-refractivity contribution < 1.29 is 61.8 Å². The average Bonchev–Trinajstić information content (AvgIpc) is 2.98. The van der Waals surface area contributed by atoms with Gasteiger partial charge in [0.05, 0.1) is 24.0 Å². The quantitative estimate of drug-likeness (QED) is 0.0594. The molecule has 0 fully saturated rings. The fourth-order valence-electron chi connectivity index (χ4n) is 2.47. The topological polar surface area (TPSA) is 295 Å². The van der Waals surface area contributed by atoms with E-state index >= 15 is 0 Å². The van der Waals surface area contributed by atoms with Gasteiger partial charge in [0.15, 0.2) is 26.9 Å². The van der Waals surface area contributed by atoms with Crippen LogP contribution >= 0.6 is 0 Å². The fraction of sp³-hybridized carbons (Fsp3) is 0.636. The van der Waals surface area contributed by atoms with E-state index < -0.39 is 62.1 Å². The van der Waals surface area contributed by atoms with Crippen molar-refractivity contribution in [3.63, 3.8) is 0 Å².